The Kier molecular flexibility index (Phi) is 3.71. The van der Waals surface area contributed by atoms with Crippen molar-refractivity contribution in [2.75, 3.05) is 33.2 Å². The van der Waals surface area contributed by atoms with Crippen molar-refractivity contribution in [1.29, 1.82) is 0 Å². The normalized spacial score (nSPS) is 17.4. The Morgan fingerprint density at radius 1 is 1.25 bits per heavy atom. The van der Waals surface area contributed by atoms with E-state index in [0.29, 0.717) is 6.42 Å². The van der Waals surface area contributed by atoms with E-state index < -0.39 is 0 Å². The summed E-state index contributed by atoms with van der Waals surface area (Å²) >= 11 is 0. The predicted molar refractivity (Wildman–Crippen MR) is 79.2 cm³/mol. The van der Waals surface area contributed by atoms with Crippen LogP contribution in [0.1, 0.15) is 5.56 Å². The van der Waals surface area contributed by atoms with Crippen molar-refractivity contribution in [2.24, 2.45) is 0 Å². The van der Waals surface area contributed by atoms with Gasteiger partial charge in [-0.05, 0) is 30.1 Å². The van der Waals surface area contributed by atoms with Crippen LogP contribution < -0.4 is 5.43 Å². The van der Waals surface area contributed by atoms with Crippen LogP contribution in [0.4, 0.5) is 0 Å². The summed E-state index contributed by atoms with van der Waals surface area (Å²) in [5.74, 6) is 0.0560. The van der Waals surface area contributed by atoms with Gasteiger partial charge < -0.3 is 9.88 Å². The third kappa shape index (κ3) is 3.00. The van der Waals surface area contributed by atoms with Crippen LogP contribution in [0, 0.1) is 0 Å². The fraction of sp³-hybridized carbons (Fsp3) is 0.400. The molecule has 0 atom stereocenters. The van der Waals surface area contributed by atoms with E-state index in [-0.39, 0.29) is 5.91 Å². The second-order valence-corrected chi connectivity index (χ2v) is 5.40. The maximum Gasteiger partial charge on any atom is 0.238 e. The number of hydrogen-bond acceptors (Lipinski definition) is 3. The maximum absolute atomic E-state index is 12.1. The fourth-order valence-corrected chi connectivity index (χ4v) is 2.52. The van der Waals surface area contributed by atoms with Crippen LogP contribution in [-0.2, 0) is 11.2 Å². The molecule has 2 N–H and O–H groups in total. The highest BCUT2D eigenvalue weighted by Gasteiger charge is 2.15. The van der Waals surface area contributed by atoms with E-state index in [1.807, 2.05) is 35.5 Å². The first-order chi connectivity index (χ1) is 9.70. The fourth-order valence-electron chi connectivity index (χ4n) is 2.52. The molecule has 1 fully saturated rings. The zero-order valence-electron chi connectivity index (χ0n) is 11.7. The molecule has 1 aromatic heterocycles. The molecule has 5 heteroatoms. The Morgan fingerprint density at radius 2 is 2.05 bits per heavy atom. The molecule has 5 nitrogen and oxygen atoms in total. The zero-order valence-corrected chi connectivity index (χ0v) is 11.7. The first kappa shape index (κ1) is 13.1. The summed E-state index contributed by atoms with van der Waals surface area (Å²) < 4.78 is 0. The van der Waals surface area contributed by atoms with Gasteiger partial charge in [0.15, 0.2) is 0 Å². The van der Waals surface area contributed by atoms with Crippen molar-refractivity contribution in [3.8, 4) is 0 Å². The van der Waals surface area contributed by atoms with Gasteiger partial charge >= 0.3 is 0 Å². The molecule has 1 amide bonds. The van der Waals surface area contributed by atoms with Gasteiger partial charge in [0.1, 0.15) is 0 Å². The molecule has 0 aliphatic carbocycles. The second kappa shape index (κ2) is 5.64. The average molecular weight is 272 g/mol. The van der Waals surface area contributed by atoms with Gasteiger partial charge in [0.05, 0.1) is 6.42 Å². The Labute approximate surface area is 118 Å². The Balaban J connectivity index is 1.58. The van der Waals surface area contributed by atoms with Gasteiger partial charge in [-0.25, -0.2) is 5.01 Å². The van der Waals surface area contributed by atoms with E-state index in [1.54, 1.807) is 0 Å². The number of hydrogen-bond donors (Lipinski definition) is 2. The maximum atomic E-state index is 12.1. The minimum Gasteiger partial charge on any atom is -0.361 e. The molecular formula is C15H20N4O. The lowest BCUT2D eigenvalue weighted by atomic mass is 10.1. The summed E-state index contributed by atoms with van der Waals surface area (Å²) in [6, 6.07) is 8.13. The van der Waals surface area contributed by atoms with Crippen LogP contribution in [0.2, 0.25) is 0 Å². The van der Waals surface area contributed by atoms with E-state index >= 15 is 0 Å². The molecule has 2 aromatic rings. The number of benzene rings is 1. The van der Waals surface area contributed by atoms with Crippen LogP contribution in [0.25, 0.3) is 10.9 Å². The SMILES string of the molecule is CN1CCN(NC(=O)Cc2ccc3cc[nH]c3c2)CC1. The van der Waals surface area contributed by atoms with E-state index in [2.05, 4.69) is 22.4 Å². The number of fused-ring (bicyclic) bond motifs is 1. The highest BCUT2D eigenvalue weighted by Crippen LogP contribution is 2.14. The molecule has 0 unspecified atom stereocenters. The lowest BCUT2D eigenvalue weighted by Crippen LogP contribution is -2.52. The Morgan fingerprint density at radius 3 is 2.85 bits per heavy atom. The summed E-state index contributed by atoms with van der Waals surface area (Å²) in [4.78, 5) is 17.5. The second-order valence-electron chi connectivity index (χ2n) is 5.40. The van der Waals surface area contributed by atoms with Crippen LogP contribution >= 0.6 is 0 Å². The minimum atomic E-state index is 0.0560. The van der Waals surface area contributed by atoms with E-state index in [0.717, 1.165) is 37.3 Å². The number of hydrazine groups is 1. The number of nitrogens with one attached hydrogen (secondary N) is 2. The first-order valence-electron chi connectivity index (χ1n) is 7.00. The molecule has 0 saturated carbocycles. The molecule has 2 heterocycles. The summed E-state index contributed by atoms with van der Waals surface area (Å²) in [6.07, 6.45) is 2.33. The molecule has 3 rings (SSSR count). The topological polar surface area (TPSA) is 51.4 Å². The highest BCUT2D eigenvalue weighted by molar-refractivity contribution is 5.83. The summed E-state index contributed by atoms with van der Waals surface area (Å²) in [6.45, 7) is 3.76. The lowest BCUT2D eigenvalue weighted by molar-refractivity contribution is -0.126. The number of amides is 1. The number of H-pyrrole nitrogens is 1. The molecule has 1 aliphatic rings. The molecule has 0 bridgehead atoms. The lowest BCUT2D eigenvalue weighted by Gasteiger charge is -2.32. The molecular weight excluding hydrogens is 252 g/mol. The van der Waals surface area contributed by atoms with Gasteiger partial charge in [-0.2, -0.15) is 0 Å². The predicted octanol–water partition coefficient (Wildman–Crippen LogP) is 0.989. The molecule has 106 valence electrons. The molecule has 1 aromatic carbocycles. The number of aromatic nitrogens is 1. The molecule has 0 spiro atoms. The third-order valence-electron chi connectivity index (χ3n) is 3.77. The summed E-state index contributed by atoms with van der Waals surface area (Å²) in [5, 5.41) is 3.18. The van der Waals surface area contributed by atoms with Gasteiger partial charge in [-0.3, -0.25) is 10.2 Å². The van der Waals surface area contributed by atoms with E-state index in [9.17, 15) is 4.79 Å². The molecule has 1 saturated heterocycles. The number of nitrogens with zero attached hydrogens (tertiary/aromatic N) is 2. The zero-order chi connectivity index (χ0) is 13.9. The standard InChI is InChI=1S/C15H20N4O/c1-18-6-8-19(9-7-18)17-15(20)11-12-2-3-13-4-5-16-14(13)10-12/h2-5,10,16H,6-9,11H2,1H3,(H,17,20). The number of carbonyl (C=O) groups is 1. The molecule has 20 heavy (non-hydrogen) atoms. The Hall–Kier alpha value is -1.85. The Bertz CT molecular complexity index is 599. The van der Waals surface area contributed by atoms with Crippen LogP contribution in [-0.4, -0.2) is 54.0 Å². The number of piperazine rings is 1. The van der Waals surface area contributed by atoms with Gasteiger partial charge in [0.2, 0.25) is 5.91 Å². The quantitative estimate of drug-likeness (QED) is 0.876. The van der Waals surface area contributed by atoms with Crippen molar-refractivity contribution in [3.63, 3.8) is 0 Å². The smallest absolute Gasteiger partial charge is 0.238 e. The van der Waals surface area contributed by atoms with Crippen LogP contribution in [0.3, 0.4) is 0 Å². The minimum absolute atomic E-state index is 0.0560. The number of aromatic amines is 1. The highest BCUT2D eigenvalue weighted by atomic mass is 16.2. The van der Waals surface area contributed by atoms with Crippen molar-refractivity contribution < 1.29 is 4.79 Å². The number of rotatable bonds is 3. The van der Waals surface area contributed by atoms with E-state index in [4.69, 9.17) is 0 Å². The van der Waals surface area contributed by atoms with Gasteiger partial charge in [-0.1, -0.05) is 12.1 Å². The van der Waals surface area contributed by atoms with E-state index in [1.165, 1.54) is 5.39 Å². The van der Waals surface area contributed by atoms with Gasteiger partial charge in [0, 0.05) is 37.9 Å². The molecule has 0 radical (unpaired) electrons. The van der Waals surface area contributed by atoms with Gasteiger partial charge in [0.25, 0.3) is 0 Å². The first-order valence-corrected chi connectivity index (χ1v) is 7.00. The third-order valence-corrected chi connectivity index (χ3v) is 3.77. The van der Waals surface area contributed by atoms with Crippen molar-refractivity contribution in [2.45, 2.75) is 6.42 Å². The number of likely N-dealkylation sites (N-methyl/N-ethyl adjacent to an activating group) is 1. The monoisotopic (exact) mass is 272 g/mol. The van der Waals surface area contributed by atoms with Crippen molar-refractivity contribution in [1.82, 2.24) is 20.3 Å². The molecule has 1 aliphatic heterocycles. The number of carbonyl (C=O) groups excluding carboxylic acids is 1. The van der Waals surface area contributed by atoms with Crippen molar-refractivity contribution >= 4 is 16.8 Å². The van der Waals surface area contributed by atoms with Crippen LogP contribution in [0.15, 0.2) is 30.5 Å². The van der Waals surface area contributed by atoms with Crippen molar-refractivity contribution in [3.05, 3.63) is 36.0 Å². The summed E-state index contributed by atoms with van der Waals surface area (Å²) in [5.41, 5.74) is 5.10. The van der Waals surface area contributed by atoms with Gasteiger partial charge in [-0.15, -0.1) is 0 Å². The average Bonchev–Trinajstić information content (AvgIpc) is 2.89. The van der Waals surface area contributed by atoms with Crippen LogP contribution in [0.5, 0.6) is 0 Å². The largest absolute Gasteiger partial charge is 0.361 e. The summed E-state index contributed by atoms with van der Waals surface area (Å²) in [7, 11) is 2.10.